The summed E-state index contributed by atoms with van der Waals surface area (Å²) in [4.78, 5) is 54.8. The van der Waals surface area contributed by atoms with Crippen LogP contribution >= 0.6 is 11.6 Å². The maximum absolute atomic E-state index is 13.3. The van der Waals surface area contributed by atoms with Crippen LogP contribution in [0.25, 0.3) is 0 Å². The number of rotatable bonds is 7. The number of carboxylic acid groups (broad SMARTS) is 1. The van der Waals surface area contributed by atoms with E-state index in [1.807, 2.05) is 0 Å². The molecule has 0 saturated carbocycles. The molecule has 0 bridgehead atoms. The Morgan fingerprint density at radius 1 is 1.32 bits per heavy atom. The van der Waals surface area contributed by atoms with E-state index in [9.17, 15) is 24.3 Å². The number of aromatic nitrogens is 1. The molecule has 3 N–H and O–H groups in total. The highest BCUT2D eigenvalue weighted by Gasteiger charge is 2.35. The molecule has 1 aliphatic rings. The van der Waals surface area contributed by atoms with Crippen molar-refractivity contribution in [1.29, 1.82) is 0 Å². The van der Waals surface area contributed by atoms with Crippen LogP contribution in [0.3, 0.4) is 0 Å². The normalized spacial score (nSPS) is 16.9. The molecule has 1 fully saturated rings. The van der Waals surface area contributed by atoms with Crippen molar-refractivity contribution in [2.75, 3.05) is 20.2 Å². The fraction of sp³-hybridized carbons (Fsp3) is 0.348. The third kappa shape index (κ3) is 5.82. The number of carbonyl (C=O) groups excluding carboxylic acids is 3. The molecule has 2 aromatic rings. The lowest BCUT2D eigenvalue weighted by Gasteiger charge is -2.25. The van der Waals surface area contributed by atoms with Crippen molar-refractivity contribution >= 4 is 35.4 Å². The number of amides is 4. The molecule has 2 atom stereocenters. The van der Waals surface area contributed by atoms with Gasteiger partial charge in [0.1, 0.15) is 18.0 Å². The van der Waals surface area contributed by atoms with Gasteiger partial charge in [0.05, 0.1) is 24.8 Å². The van der Waals surface area contributed by atoms with Crippen LogP contribution in [0, 0.1) is 5.92 Å². The smallest absolute Gasteiger partial charge is 0.354 e. The van der Waals surface area contributed by atoms with Gasteiger partial charge in [-0.3, -0.25) is 14.5 Å². The second-order valence-corrected chi connectivity index (χ2v) is 8.19. The van der Waals surface area contributed by atoms with Gasteiger partial charge in [-0.15, -0.1) is 0 Å². The minimum atomic E-state index is -1.19. The number of halogens is 1. The summed E-state index contributed by atoms with van der Waals surface area (Å²) in [6.07, 6.45) is 0.589. The average Bonchev–Trinajstić information content (AvgIpc) is 2.96. The number of nitrogens with one attached hydrogen (secondary N) is 2. The van der Waals surface area contributed by atoms with E-state index in [2.05, 4.69) is 15.6 Å². The van der Waals surface area contributed by atoms with Crippen molar-refractivity contribution in [2.24, 2.45) is 5.92 Å². The van der Waals surface area contributed by atoms with Gasteiger partial charge in [0.25, 0.3) is 0 Å². The third-order valence-corrected chi connectivity index (χ3v) is 5.70. The Labute approximate surface area is 201 Å². The predicted octanol–water partition coefficient (Wildman–Crippen LogP) is 2.42. The molecule has 2 unspecified atom stereocenters. The Morgan fingerprint density at radius 2 is 2.09 bits per heavy atom. The molecular formula is C23H25ClN4O6. The number of carboxylic acids is 1. The van der Waals surface area contributed by atoms with Gasteiger partial charge in [0.2, 0.25) is 11.8 Å². The molecule has 3 rings (SSSR count). The average molecular weight is 489 g/mol. The van der Waals surface area contributed by atoms with Crippen LogP contribution in [0.15, 0.2) is 36.4 Å². The zero-order chi connectivity index (χ0) is 24.8. The third-order valence-electron chi connectivity index (χ3n) is 5.47. The van der Waals surface area contributed by atoms with E-state index in [0.717, 1.165) is 4.90 Å². The van der Waals surface area contributed by atoms with Gasteiger partial charge in [-0.25, -0.2) is 14.6 Å². The molecule has 180 valence electrons. The number of pyridine rings is 1. The standard InChI is InChI=1S/C23H25ClN4O6/c1-3-16(17-5-4-6-18(26-17)22(31)32)27-23(33)28-12-20(29)25-11-14(21(28)30)9-13-10-15(24)7-8-19(13)34-2/h4-8,10,14,16H,3,9,11-12H2,1-2H3,(H,25,29)(H,27,33)(H,31,32). The van der Waals surface area contributed by atoms with Gasteiger partial charge in [-0.1, -0.05) is 24.6 Å². The summed E-state index contributed by atoms with van der Waals surface area (Å²) < 4.78 is 5.35. The highest BCUT2D eigenvalue weighted by Crippen LogP contribution is 2.26. The molecule has 2 heterocycles. The van der Waals surface area contributed by atoms with E-state index in [1.165, 1.54) is 19.2 Å². The van der Waals surface area contributed by atoms with Gasteiger partial charge < -0.3 is 20.5 Å². The summed E-state index contributed by atoms with van der Waals surface area (Å²) >= 11 is 6.10. The lowest BCUT2D eigenvalue weighted by atomic mass is 9.97. The van der Waals surface area contributed by atoms with Crippen molar-refractivity contribution in [2.45, 2.75) is 25.8 Å². The number of methoxy groups -OCH3 is 1. The molecule has 0 aliphatic carbocycles. The van der Waals surface area contributed by atoms with Crippen molar-refractivity contribution < 1.29 is 29.0 Å². The predicted molar refractivity (Wildman–Crippen MR) is 123 cm³/mol. The molecule has 0 radical (unpaired) electrons. The lowest BCUT2D eigenvalue weighted by molar-refractivity contribution is -0.133. The van der Waals surface area contributed by atoms with Crippen LogP contribution in [-0.4, -0.2) is 59.0 Å². The monoisotopic (exact) mass is 488 g/mol. The van der Waals surface area contributed by atoms with Crippen LogP contribution < -0.4 is 15.4 Å². The summed E-state index contributed by atoms with van der Waals surface area (Å²) in [5.74, 6) is -2.37. The molecule has 34 heavy (non-hydrogen) atoms. The molecule has 1 aromatic heterocycles. The number of ether oxygens (including phenoxy) is 1. The maximum atomic E-state index is 13.3. The Kier molecular flexibility index (Phi) is 8.06. The molecule has 1 aromatic carbocycles. The number of hydrogen-bond acceptors (Lipinski definition) is 6. The molecule has 4 amide bonds. The van der Waals surface area contributed by atoms with Crippen LogP contribution in [0.2, 0.25) is 5.02 Å². The van der Waals surface area contributed by atoms with E-state index in [-0.39, 0.29) is 18.7 Å². The van der Waals surface area contributed by atoms with Crippen LogP contribution in [-0.2, 0) is 16.0 Å². The van der Waals surface area contributed by atoms with Crippen LogP contribution in [0.5, 0.6) is 5.75 Å². The SMILES string of the molecule is CCC(NC(=O)N1CC(=O)NCC(Cc2cc(Cl)ccc2OC)C1=O)c1cccc(C(=O)O)n1. The highest BCUT2D eigenvalue weighted by atomic mass is 35.5. The molecule has 0 spiro atoms. The first kappa shape index (κ1) is 25.0. The minimum absolute atomic E-state index is 0.0521. The van der Waals surface area contributed by atoms with Gasteiger partial charge in [-0.05, 0) is 48.7 Å². The number of benzene rings is 1. The summed E-state index contributed by atoms with van der Waals surface area (Å²) in [5, 5.41) is 15.0. The summed E-state index contributed by atoms with van der Waals surface area (Å²) in [6.45, 7) is 1.40. The molecule has 1 saturated heterocycles. The largest absolute Gasteiger partial charge is 0.496 e. The number of nitrogens with zero attached hydrogens (tertiary/aromatic N) is 2. The summed E-state index contributed by atoms with van der Waals surface area (Å²) in [6, 6.07) is 8.07. The van der Waals surface area contributed by atoms with Crippen LogP contribution in [0.4, 0.5) is 4.79 Å². The van der Waals surface area contributed by atoms with E-state index in [1.54, 1.807) is 31.2 Å². The Morgan fingerprint density at radius 3 is 2.76 bits per heavy atom. The maximum Gasteiger partial charge on any atom is 0.354 e. The van der Waals surface area contributed by atoms with Crippen molar-refractivity contribution in [1.82, 2.24) is 20.5 Å². The number of urea groups is 1. The number of imide groups is 1. The molecule has 10 nitrogen and oxygen atoms in total. The van der Waals surface area contributed by atoms with Crippen LogP contribution in [0.1, 0.15) is 41.1 Å². The van der Waals surface area contributed by atoms with Gasteiger partial charge >= 0.3 is 12.0 Å². The first-order valence-electron chi connectivity index (χ1n) is 10.6. The first-order valence-corrected chi connectivity index (χ1v) is 11.0. The summed E-state index contributed by atoms with van der Waals surface area (Å²) in [7, 11) is 1.50. The molecular weight excluding hydrogens is 464 g/mol. The summed E-state index contributed by atoms with van der Waals surface area (Å²) in [5.41, 5.74) is 0.847. The van der Waals surface area contributed by atoms with E-state index < -0.39 is 42.3 Å². The fourth-order valence-electron chi connectivity index (χ4n) is 3.70. The minimum Gasteiger partial charge on any atom is -0.496 e. The Bertz CT molecular complexity index is 1110. The highest BCUT2D eigenvalue weighted by molar-refractivity contribution is 6.30. The van der Waals surface area contributed by atoms with Gasteiger partial charge in [0, 0.05) is 11.6 Å². The quantitative estimate of drug-likeness (QED) is 0.544. The first-order chi connectivity index (χ1) is 16.2. The number of carbonyl (C=O) groups is 4. The zero-order valence-electron chi connectivity index (χ0n) is 18.7. The second-order valence-electron chi connectivity index (χ2n) is 7.75. The lowest BCUT2D eigenvalue weighted by Crippen LogP contribution is -2.48. The Balaban J connectivity index is 1.81. The fourth-order valence-corrected chi connectivity index (χ4v) is 3.90. The zero-order valence-corrected chi connectivity index (χ0v) is 19.5. The molecule has 11 heteroatoms. The Hall–Kier alpha value is -3.66. The van der Waals surface area contributed by atoms with Crippen molar-refractivity contribution in [3.63, 3.8) is 0 Å². The van der Waals surface area contributed by atoms with Gasteiger partial charge in [0.15, 0.2) is 0 Å². The number of hydrogen-bond donors (Lipinski definition) is 3. The second kappa shape index (κ2) is 11.0. The topological polar surface area (TPSA) is 138 Å². The van der Waals surface area contributed by atoms with E-state index in [0.29, 0.717) is 28.5 Å². The van der Waals surface area contributed by atoms with Crippen molar-refractivity contribution in [3.05, 3.63) is 58.4 Å². The molecule has 1 aliphatic heterocycles. The van der Waals surface area contributed by atoms with Crippen molar-refractivity contribution in [3.8, 4) is 5.75 Å². The van der Waals surface area contributed by atoms with E-state index in [4.69, 9.17) is 16.3 Å². The number of aromatic carboxylic acids is 1. The van der Waals surface area contributed by atoms with E-state index >= 15 is 0 Å². The van der Waals surface area contributed by atoms with Gasteiger partial charge in [-0.2, -0.15) is 0 Å².